The summed E-state index contributed by atoms with van der Waals surface area (Å²) in [5.41, 5.74) is 9.14. The number of anilines is 1. The van der Waals surface area contributed by atoms with Crippen molar-refractivity contribution in [1.82, 2.24) is 4.57 Å². The van der Waals surface area contributed by atoms with Crippen LogP contribution in [0.4, 0.5) is 5.69 Å². The molecule has 0 radical (unpaired) electrons. The molecule has 1 heterocycles. The minimum atomic E-state index is 0.465. The van der Waals surface area contributed by atoms with Gasteiger partial charge >= 0.3 is 0 Å². The van der Waals surface area contributed by atoms with Gasteiger partial charge in [0.25, 0.3) is 0 Å². The van der Waals surface area contributed by atoms with Crippen LogP contribution in [0.1, 0.15) is 16.8 Å². The van der Waals surface area contributed by atoms with E-state index < -0.39 is 0 Å². The van der Waals surface area contributed by atoms with Crippen LogP contribution in [-0.2, 0) is 7.05 Å². The number of hydrogen-bond donors (Lipinski definition) is 1. The molecule has 4 heteroatoms. The summed E-state index contributed by atoms with van der Waals surface area (Å²) >= 11 is 0. The number of nitrogen functional groups attached to an aromatic ring is 1. The Kier molecular flexibility index (Phi) is 2.99. The maximum atomic E-state index is 8.92. The molecule has 1 aromatic heterocycles. The topological polar surface area (TPSA) is 64.0 Å². The predicted octanol–water partition coefficient (Wildman–Crippen LogP) is 2.89. The van der Waals surface area contributed by atoms with E-state index in [-0.39, 0.29) is 0 Å². The molecule has 0 atom stereocenters. The standard InChI is InChI=1S/C14H15N3O/c1-9-4-5-12(6-10(9)2)18-14-13(16)7-11(8-15)17(14)3/h4-7H,16H2,1-3H3. The zero-order valence-electron chi connectivity index (χ0n) is 10.7. The molecule has 0 unspecified atom stereocenters. The van der Waals surface area contributed by atoms with E-state index in [1.165, 1.54) is 5.56 Å². The molecule has 2 rings (SSSR count). The number of ether oxygens (including phenoxy) is 1. The molecule has 18 heavy (non-hydrogen) atoms. The van der Waals surface area contributed by atoms with Crippen molar-refractivity contribution in [3.05, 3.63) is 41.1 Å². The van der Waals surface area contributed by atoms with Crippen molar-refractivity contribution in [3.63, 3.8) is 0 Å². The lowest BCUT2D eigenvalue weighted by molar-refractivity contribution is 0.444. The van der Waals surface area contributed by atoms with Crippen molar-refractivity contribution in [2.45, 2.75) is 13.8 Å². The lowest BCUT2D eigenvalue weighted by Gasteiger charge is -2.09. The average molecular weight is 241 g/mol. The average Bonchev–Trinajstić information content (AvgIpc) is 2.61. The Morgan fingerprint density at radius 3 is 2.50 bits per heavy atom. The summed E-state index contributed by atoms with van der Waals surface area (Å²) < 4.78 is 7.39. The number of nitriles is 1. The summed E-state index contributed by atoms with van der Waals surface area (Å²) in [4.78, 5) is 0. The van der Waals surface area contributed by atoms with Gasteiger partial charge in [0.1, 0.15) is 17.5 Å². The Balaban J connectivity index is 2.37. The second-order valence-corrected chi connectivity index (χ2v) is 4.31. The highest BCUT2D eigenvalue weighted by atomic mass is 16.5. The van der Waals surface area contributed by atoms with Crippen LogP contribution < -0.4 is 10.5 Å². The van der Waals surface area contributed by atoms with Gasteiger partial charge in [0.05, 0.1) is 5.69 Å². The fraction of sp³-hybridized carbons (Fsp3) is 0.214. The van der Waals surface area contributed by atoms with Crippen LogP contribution in [0.2, 0.25) is 0 Å². The molecule has 0 aliphatic rings. The number of nitrogens with two attached hydrogens (primary N) is 1. The Labute approximate surface area is 106 Å². The van der Waals surface area contributed by atoms with Gasteiger partial charge in [-0.3, -0.25) is 0 Å². The number of aromatic nitrogens is 1. The summed E-state index contributed by atoms with van der Waals surface area (Å²) in [5.74, 6) is 1.21. The summed E-state index contributed by atoms with van der Waals surface area (Å²) in [6.45, 7) is 4.07. The second-order valence-electron chi connectivity index (χ2n) is 4.31. The lowest BCUT2D eigenvalue weighted by Crippen LogP contribution is -1.98. The summed E-state index contributed by atoms with van der Waals surface area (Å²) in [6, 6.07) is 9.51. The van der Waals surface area contributed by atoms with Gasteiger partial charge in [-0.05, 0) is 37.1 Å². The first-order chi connectivity index (χ1) is 8.52. The van der Waals surface area contributed by atoms with E-state index in [1.807, 2.05) is 32.0 Å². The molecule has 0 spiro atoms. The van der Waals surface area contributed by atoms with Gasteiger partial charge in [-0.15, -0.1) is 0 Å². The molecule has 0 amide bonds. The maximum absolute atomic E-state index is 8.92. The summed E-state index contributed by atoms with van der Waals surface area (Å²) in [7, 11) is 1.76. The van der Waals surface area contributed by atoms with Crippen molar-refractivity contribution in [2.75, 3.05) is 5.73 Å². The van der Waals surface area contributed by atoms with Crippen molar-refractivity contribution in [1.29, 1.82) is 5.26 Å². The summed E-state index contributed by atoms with van der Waals surface area (Å²) in [6.07, 6.45) is 0. The van der Waals surface area contributed by atoms with Crippen LogP contribution >= 0.6 is 0 Å². The van der Waals surface area contributed by atoms with Gasteiger partial charge < -0.3 is 15.0 Å². The van der Waals surface area contributed by atoms with Crippen molar-refractivity contribution in [2.24, 2.45) is 7.05 Å². The highest BCUT2D eigenvalue weighted by Gasteiger charge is 2.12. The molecular weight excluding hydrogens is 226 g/mol. The first-order valence-electron chi connectivity index (χ1n) is 5.63. The number of rotatable bonds is 2. The van der Waals surface area contributed by atoms with Crippen molar-refractivity contribution >= 4 is 5.69 Å². The molecule has 92 valence electrons. The normalized spacial score (nSPS) is 10.1. The molecule has 2 N–H and O–H groups in total. The minimum absolute atomic E-state index is 0.465. The van der Waals surface area contributed by atoms with Crippen LogP contribution in [-0.4, -0.2) is 4.57 Å². The van der Waals surface area contributed by atoms with Crippen LogP contribution in [0.15, 0.2) is 24.3 Å². The van der Waals surface area contributed by atoms with E-state index in [4.69, 9.17) is 15.7 Å². The predicted molar refractivity (Wildman–Crippen MR) is 70.5 cm³/mol. The van der Waals surface area contributed by atoms with Crippen molar-refractivity contribution < 1.29 is 4.74 Å². The number of nitrogens with zero attached hydrogens (tertiary/aromatic N) is 2. The molecule has 0 saturated heterocycles. The van der Waals surface area contributed by atoms with Crippen LogP contribution in [0.3, 0.4) is 0 Å². The van der Waals surface area contributed by atoms with Crippen LogP contribution in [0.5, 0.6) is 11.6 Å². The molecule has 2 aromatic rings. The van der Waals surface area contributed by atoms with Gasteiger partial charge in [-0.25, -0.2) is 0 Å². The zero-order valence-corrected chi connectivity index (χ0v) is 10.7. The van der Waals surface area contributed by atoms with Gasteiger partial charge in [0, 0.05) is 13.1 Å². The Morgan fingerprint density at radius 2 is 1.94 bits per heavy atom. The monoisotopic (exact) mass is 241 g/mol. The van der Waals surface area contributed by atoms with Gasteiger partial charge in [0.2, 0.25) is 5.88 Å². The Morgan fingerprint density at radius 1 is 1.22 bits per heavy atom. The van der Waals surface area contributed by atoms with Crippen molar-refractivity contribution in [3.8, 4) is 17.7 Å². The first kappa shape index (κ1) is 12.1. The molecule has 0 saturated carbocycles. The maximum Gasteiger partial charge on any atom is 0.224 e. The number of aryl methyl sites for hydroxylation is 2. The van der Waals surface area contributed by atoms with Gasteiger partial charge in [0.15, 0.2) is 0 Å². The highest BCUT2D eigenvalue weighted by Crippen LogP contribution is 2.30. The molecule has 0 bridgehead atoms. The fourth-order valence-electron chi connectivity index (χ4n) is 1.73. The largest absolute Gasteiger partial charge is 0.439 e. The molecule has 0 aliphatic heterocycles. The summed E-state index contributed by atoms with van der Waals surface area (Å²) in [5, 5.41) is 8.92. The molecule has 0 fully saturated rings. The van der Waals surface area contributed by atoms with E-state index in [2.05, 4.69) is 6.07 Å². The smallest absolute Gasteiger partial charge is 0.224 e. The lowest BCUT2D eigenvalue weighted by atomic mass is 10.1. The fourth-order valence-corrected chi connectivity index (χ4v) is 1.73. The third-order valence-electron chi connectivity index (χ3n) is 3.01. The van der Waals surface area contributed by atoms with Gasteiger partial charge in [-0.1, -0.05) is 6.07 Å². The van der Waals surface area contributed by atoms with E-state index in [1.54, 1.807) is 17.7 Å². The van der Waals surface area contributed by atoms with E-state index in [0.717, 1.165) is 11.3 Å². The molecule has 4 nitrogen and oxygen atoms in total. The quantitative estimate of drug-likeness (QED) is 0.879. The van der Waals surface area contributed by atoms with E-state index in [9.17, 15) is 0 Å². The van der Waals surface area contributed by atoms with E-state index in [0.29, 0.717) is 17.3 Å². The molecule has 1 aromatic carbocycles. The van der Waals surface area contributed by atoms with Gasteiger partial charge in [-0.2, -0.15) is 5.26 Å². The third-order valence-corrected chi connectivity index (χ3v) is 3.01. The van der Waals surface area contributed by atoms with E-state index >= 15 is 0 Å². The SMILES string of the molecule is Cc1ccc(Oc2c(N)cc(C#N)n2C)cc1C. The number of benzene rings is 1. The minimum Gasteiger partial charge on any atom is -0.439 e. The van der Waals surface area contributed by atoms with Crippen LogP contribution in [0, 0.1) is 25.2 Å². The Bertz CT molecular complexity index is 635. The highest BCUT2D eigenvalue weighted by molar-refractivity contribution is 5.56. The zero-order chi connectivity index (χ0) is 13.3. The third kappa shape index (κ3) is 2.03. The molecular formula is C14H15N3O. The Hall–Kier alpha value is -2.41. The number of hydrogen-bond acceptors (Lipinski definition) is 3. The van der Waals surface area contributed by atoms with Crippen LogP contribution in [0.25, 0.3) is 0 Å². The first-order valence-corrected chi connectivity index (χ1v) is 5.63. The molecule has 0 aliphatic carbocycles. The second kappa shape index (κ2) is 4.46.